The Morgan fingerprint density at radius 1 is 1.19 bits per heavy atom. The summed E-state index contributed by atoms with van der Waals surface area (Å²) in [5.41, 5.74) is 1.09. The van der Waals surface area contributed by atoms with Crippen LogP contribution in [0.5, 0.6) is 0 Å². The molecule has 0 saturated heterocycles. The first kappa shape index (κ1) is 11.4. The van der Waals surface area contributed by atoms with Crippen LogP contribution < -0.4 is 5.32 Å². The van der Waals surface area contributed by atoms with E-state index < -0.39 is 0 Å². The Balaban J connectivity index is 2.02. The van der Waals surface area contributed by atoms with Gasteiger partial charge in [-0.1, -0.05) is 32.3 Å². The van der Waals surface area contributed by atoms with Gasteiger partial charge in [-0.3, -0.25) is 0 Å². The summed E-state index contributed by atoms with van der Waals surface area (Å²) in [6, 6.07) is 6.80. The molecule has 0 amide bonds. The van der Waals surface area contributed by atoms with Gasteiger partial charge in [0.05, 0.1) is 0 Å². The number of nitrogens with one attached hydrogen (secondary N) is 1. The third kappa shape index (κ3) is 2.97. The van der Waals surface area contributed by atoms with Crippen molar-refractivity contribution >= 4 is 5.82 Å². The van der Waals surface area contributed by atoms with Crippen molar-refractivity contribution in [3.05, 3.63) is 23.9 Å². The number of rotatable bonds is 2. The first-order valence-corrected chi connectivity index (χ1v) is 6.46. The first-order chi connectivity index (χ1) is 7.75. The van der Waals surface area contributed by atoms with Crippen LogP contribution in [0.25, 0.3) is 0 Å². The molecule has 88 valence electrons. The van der Waals surface area contributed by atoms with E-state index in [1.165, 1.54) is 32.1 Å². The molecule has 0 radical (unpaired) electrons. The summed E-state index contributed by atoms with van der Waals surface area (Å²) >= 11 is 0. The van der Waals surface area contributed by atoms with Gasteiger partial charge in [0.1, 0.15) is 5.82 Å². The summed E-state index contributed by atoms with van der Waals surface area (Å²) in [5, 5.41) is 3.60. The van der Waals surface area contributed by atoms with Gasteiger partial charge in [0.15, 0.2) is 0 Å². The molecule has 0 aromatic carbocycles. The molecule has 2 nitrogen and oxygen atoms in total. The SMILES string of the molecule is Cc1cccc(NC2CCCCCC2C)n1. The van der Waals surface area contributed by atoms with Crippen LogP contribution >= 0.6 is 0 Å². The van der Waals surface area contributed by atoms with E-state index in [9.17, 15) is 0 Å². The van der Waals surface area contributed by atoms with Crippen molar-refractivity contribution in [2.75, 3.05) is 5.32 Å². The highest BCUT2D eigenvalue weighted by Gasteiger charge is 2.19. The van der Waals surface area contributed by atoms with Crippen molar-refractivity contribution in [3.8, 4) is 0 Å². The smallest absolute Gasteiger partial charge is 0.126 e. The summed E-state index contributed by atoms with van der Waals surface area (Å²) in [5.74, 6) is 1.81. The molecule has 2 rings (SSSR count). The second-order valence-corrected chi connectivity index (χ2v) is 5.03. The van der Waals surface area contributed by atoms with E-state index in [1.54, 1.807) is 0 Å². The highest BCUT2D eigenvalue weighted by Crippen LogP contribution is 2.25. The summed E-state index contributed by atoms with van der Waals surface area (Å²) in [6.07, 6.45) is 6.78. The lowest BCUT2D eigenvalue weighted by Gasteiger charge is -2.23. The molecule has 1 saturated carbocycles. The van der Waals surface area contributed by atoms with Crippen LogP contribution in [-0.4, -0.2) is 11.0 Å². The molecule has 2 heteroatoms. The molecule has 1 aromatic heterocycles. The largest absolute Gasteiger partial charge is 0.367 e. The van der Waals surface area contributed by atoms with E-state index in [0.717, 1.165) is 17.4 Å². The number of nitrogens with zero attached hydrogens (tertiary/aromatic N) is 1. The van der Waals surface area contributed by atoms with Gasteiger partial charge in [0, 0.05) is 11.7 Å². The van der Waals surface area contributed by atoms with Gasteiger partial charge in [-0.05, 0) is 37.8 Å². The quantitative estimate of drug-likeness (QED) is 0.764. The van der Waals surface area contributed by atoms with E-state index in [4.69, 9.17) is 0 Å². The maximum absolute atomic E-state index is 4.52. The fraction of sp³-hybridized carbons (Fsp3) is 0.643. The lowest BCUT2D eigenvalue weighted by atomic mass is 9.97. The molecule has 1 N–H and O–H groups in total. The summed E-state index contributed by atoms with van der Waals surface area (Å²) in [7, 11) is 0. The Hall–Kier alpha value is -1.05. The monoisotopic (exact) mass is 218 g/mol. The predicted molar refractivity (Wildman–Crippen MR) is 68.6 cm³/mol. The Bertz CT molecular complexity index is 335. The molecular formula is C14H22N2. The number of aryl methyl sites for hydroxylation is 1. The van der Waals surface area contributed by atoms with E-state index in [1.807, 2.05) is 13.0 Å². The fourth-order valence-electron chi connectivity index (χ4n) is 2.52. The third-order valence-electron chi connectivity index (χ3n) is 3.58. The zero-order valence-corrected chi connectivity index (χ0v) is 10.4. The lowest BCUT2D eigenvalue weighted by molar-refractivity contribution is 0.455. The van der Waals surface area contributed by atoms with Crippen molar-refractivity contribution in [1.29, 1.82) is 0 Å². The van der Waals surface area contributed by atoms with Crippen LogP contribution in [0.3, 0.4) is 0 Å². The van der Waals surface area contributed by atoms with Gasteiger partial charge in [-0.15, -0.1) is 0 Å². The fourth-order valence-corrected chi connectivity index (χ4v) is 2.52. The second-order valence-electron chi connectivity index (χ2n) is 5.03. The highest BCUT2D eigenvalue weighted by molar-refractivity contribution is 5.36. The molecule has 2 atom stereocenters. The van der Waals surface area contributed by atoms with Gasteiger partial charge in [-0.25, -0.2) is 4.98 Å². The van der Waals surface area contributed by atoms with Crippen LogP contribution in [0.4, 0.5) is 5.82 Å². The molecule has 0 spiro atoms. The predicted octanol–water partition coefficient (Wildman–Crippen LogP) is 3.77. The van der Waals surface area contributed by atoms with Gasteiger partial charge in [0.2, 0.25) is 0 Å². The molecular weight excluding hydrogens is 196 g/mol. The van der Waals surface area contributed by atoms with Crippen LogP contribution in [0.15, 0.2) is 18.2 Å². The molecule has 16 heavy (non-hydrogen) atoms. The van der Waals surface area contributed by atoms with E-state index >= 15 is 0 Å². The molecule has 1 aliphatic rings. The average Bonchev–Trinajstić information content (AvgIpc) is 2.45. The van der Waals surface area contributed by atoms with Gasteiger partial charge in [-0.2, -0.15) is 0 Å². The molecule has 1 fully saturated rings. The highest BCUT2D eigenvalue weighted by atomic mass is 15.0. The van der Waals surface area contributed by atoms with E-state index in [0.29, 0.717) is 6.04 Å². The zero-order chi connectivity index (χ0) is 11.4. The van der Waals surface area contributed by atoms with E-state index in [2.05, 4.69) is 29.4 Å². The summed E-state index contributed by atoms with van der Waals surface area (Å²) in [6.45, 7) is 4.40. The molecule has 0 aliphatic heterocycles. The minimum Gasteiger partial charge on any atom is -0.367 e. The Labute approximate surface area is 98.5 Å². The van der Waals surface area contributed by atoms with Crippen LogP contribution in [-0.2, 0) is 0 Å². The summed E-state index contributed by atoms with van der Waals surface area (Å²) in [4.78, 5) is 4.52. The lowest BCUT2D eigenvalue weighted by Crippen LogP contribution is -2.26. The molecule has 0 bridgehead atoms. The summed E-state index contributed by atoms with van der Waals surface area (Å²) < 4.78 is 0. The van der Waals surface area contributed by atoms with Crippen molar-refractivity contribution in [3.63, 3.8) is 0 Å². The van der Waals surface area contributed by atoms with Gasteiger partial charge >= 0.3 is 0 Å². The molecule has 1 aliphatic carbocycles. The minimum absolute atomic E-state index is 0.608. The maximum Gasteiger partial charge on any atom is 0.126 e. The maximum atomic E-state index is 4.52. The van der Waals surface area contributed by atoms with Gasteiger partial charge in [0.25, 0.3) is 0 Å². The Morgan fingerprint density at radius 2 is 2.00 bits per heavy atom. The molecule has 2 unspecified atom stereocenters. The third-order valence-corrected chi connectivity index (χ3v) is 3.58. The number of hydrogen-bond donors (Lipinski definition) is 1. The Morgan fingerprint density at radius 3 is 2.81 bits per heavy atom. The minimum atomic E-state index is 0.608. The number of anilines is 1. The first-order valence-electron chi connectivity index (χ1n) is 6.46. The number of aromatic nitrogens is 1. The van der Waals surface area contributed by atoms with Crippen LogP contribution in [0.2, 0.25) is 0 Å². The van der Waals surface area contributed by atoms with Crippen molar-refractivity contribution in [1.82, 2.24) is 4.98 Å². The molecule has 1 aromatic rings. The van der Waals surface area contributed by atoms with Crippen molar-refractivity contribution < 1.29 is 0 Å². The standard InChI is InChI=1S/C14H22N2/c1-11-7-4-3-5-9-13(11)16-14-10-6-8-12(2)15-14/h6,8,10-11,13H,3-5,7,9H2,1-2H3,(H,15,16). The zero-order valence-electron chi connectivity index (χ0n) is 10.4. The normalized spacial score (nSPS) is 26.1. The second kappa shape index (κ2) is 5.33. The number of hydrogen-bond acceptors (Lipinski definition) is 2. The average molecular weight is 218 g/mol. The Kier molecular flexibility index (Phi) is 3.81. The van der Waals surface area contributed by atoms with Crippen molar-refractivity contribution in [2.24, 2.45) is 5.92 Å². The molecule has 1 heterocycles. The van der Waals surface area contributed by atoms with Crippen LogP contribution in [0, 0.1) is 12.8 Å². The van der Waals surface area contributed by atoms with Crippen LogP contribution in [0.1, 0.15) is 44.7 Å². The van der Waals surface area contributed by atoms with Crippen molar-refractivity contribution in [2.45, 2.75) is 52.0 Å². The number of pyridine rings is 1. The topological polar surface area (TPSA) is 24.9 Å². The van der Waals surface area contributed by atoms with Gasteiger partial charge < -0.3 is 5.32 Å². The van der Waals surface area contributed by atoms with E-state index in [-0.39, 0.29) is 0 Å².